The molecule has 116 valence electrons. The summed E-state index contributed by atoms with van der Waals surface area (Å²) < 4.78 is 7.80. The number of aromatic nitrogens is 1. The first-order valence-corrected chi connectivity index (χ1v) is 8.12. The second-order valence-corrected chi connectivity index (χ2v) is 5.98. The van der Waals surface area contributed by atoms with E-state index in [-0.39, 0.29) is 12.0 Å². The molecule has 3 heterocycles. The molecule has 5 nitrogen and oxygen atoms in total. The van der Waals surface area contributed by atoms with Gasteiger partial charge in [-0.1, -0.05) is 0 Å². The number of hydrogen-bond acceptors (Lipinski definition) is 3. The van der Waals surface area contributed by atoms with Crippen LogP contribution in [0.5, 0.6) is 0 Å². The van der Waals surface area contributed by atoms with E-state index in [2.05, 4.69) is 15.2 Å². The van der Waals surface area contributed by atoms with E-state index >= 15 is 0 Å². The molecule has 0 aliphatic carbocycles. The first-order chi connectivity index (χ1) is 10.3. The third kappa shape index (κ3) is 3.66. The van der Waals surface area contributed by atoms with Gasteiger partial charge in [-0.05, 0) is 57.3 Å². The van der Waals surface area contributed by atoms with Crippen molar-refractivity contribution in [1.29, 1.82) is 0 Å². The third-order valence-corrected chi connectivity index (χ3v) is 4.48. The number of nitrogens with one attached hydrogen (secondary N) is 2. The average Bonchev–Trinajstić information content (AvgIpc) is 3.04. The quantitative estimate of drug-likeness (QED) is 0.888. The maximum atomic E-state index is 12.4. The van der Waals surface area contributed by atoms with Crippen molar-refractivity contribution >= 4 is 5.91 Å². The molecule has 21 heavy (non-hydrogen) atoms. The molecule has 3 rings (SSSR count). The number of hydrogen-bond donors (Lipinski definition) is 2. The molecule has 0 saturated carbocycles. The number of nitrogens with zero attached hydrogens (tertiary/aromatic N) is 1. The van der Waals surface area contributed by atoms with Gasteiger partial charge in [-0.2, -0.15) is 0 Å². The molecular formula is C16H25N3O2. The molecule has 1 amide bonds. The van der Waals surface area contributed by atoms with E-state index in [0.29, 0.717) is 12.6 Å². The van der Waals surface area contributed by atoms with Crippen LogP contribution in [0.1, 0.15) is 48.6 Å². The molecule has 5 heteroatoms. The molecule has 1 atom stereocenters. The van der Waals surface area contributed by atoms with Crippen molar-refractivity contribution in [2.24, 2.45) is 0 Å². The van der Waals surface area contributed by atoms with E-state index in [1.807, 2.05) is 18.3 Å². The van der Waals surface area contributed by atoms with Crippen LogP contribution in [0, 0.1) is 0 Å². The SMILES string of the molecule is O=C(NCC1CCCCO1)c1cccn1C1CCNCC1. The highest BCUT2D eigenvalue weighted by Crippen LogP contribution is 2.21. The summed E-state index contributed by atoms with van der Waals surface area (Å²) in [5, 5.41) is 6.40. The minimum absolute atomic E-state index is 0.0210. The first kappa shape index (κ1) is 14.6. The molecule has 0 aromatic carbocycles. The van der Waals surface area contributed by atoms with Crippen molar-refractivity contribution in [3.05, 3.63) is 24.0 Å². The second kappa shape index (κ2) is 7.09. The van der Waals surface area contributed by atoms with E-state index < -0.39 is 0 Å². The molecule has 0 bridgehead atoms. The van der Waals surface area contributed by atoms with Crippen LogP contribution in [-0.4, -0.2) is 42.8 Å². The fourth-order valence-corrected chi connectivity index (χ4v) is 3.25. The number of rotatable bonds is 4. The third-order valence-electron chi connectivity index (χ3n) is 4.48. The van der Waals surface area contributed by atoms with Crippen LogP contribution >= 0.6 is 0 Å². The van der Waals surface area contributed by atoms with Gasteiger partial charge < -0.3 is 19.9 Å². The van der Waals surface area contributed by atoms with Crippen molar-refractivity contribution in [1.82, 2.24) is 15.2 Å². The molecule has 2 fully saturated rings. The zero-order chi connectivity index (χ0) is 14.5. The Kier molecular flexibility index (Phi) is 4.93. The van der Waals surface area contributed by atoms with Crippen molar-refractivity contribution < 1.29 is 9.53 Å². The summed E-state index contributed by atoms with van der Waals surface area (Å²) >= 11 is 0. The Bertz CT molecular complexity index is 460. The summed E-state index contributed by atoms with van der Waals surface area (Å²) in [4.78, 5) is 12.4. The van der Waals surface area contributed by atoms with Crippen LogP contribution in [0.15, 0.2) is 18.3 Å². The Morgan fingerprint density at radius 2 is 2.19 bits per heavy atom. The molecule has 2 saturated heterocycles. The van der Waals surface area contributed by atoms with E-state index in [4.69, 9.17) is 4.74 Å². The molecule has 1 aromatic heterocycles. The highest BCUT2D eigenvalue weighted by Gasteiger charge is 2.21. The van der Waals surface area contributed by atoms with E-state index in [1.165, 1.54) is 6.42 Å². The lowest BCUT2D eigenvalue weighted by Gasteiger charge is -2.26. The predicted molar refractivity (Wildman–Crippen MR) is 81.5 cm³/mol. The van der Waals surface area contributed by atoms with Gasteiger partial charge in [0.05, 0.1) is 6.10 Å². The van der Waals surface area contributed by atoms with E-state index in [1.54, 1.807) is 0 Å². The molecule has 2 N–H and O–H groups in total. The minimum atomic E-state index is 0.0210. The van der Waals surface area contributed by atoms with Gasteiger partial charge in [0, 0.05) is 25.4 Å². The summed E-state index contributed by atoms with van der Waals surface area (Å²) in [7, 11) is 0. The fraction of sp³-hybridized carbons (Fsp3) is 0.688. The zero-order valence-corrected chi connectivity index (χ0v) is 12.5. The first-order valence-electron chi connectivity index (χ1n) is 8.12. The Hall–Kier alpha value is -1.33. The van der Waals surface area contributed by atoms with Gasteiger partial charge in [0.15, 0.2) is 0 Å². The maximum absolute atomic E-state index is 12.4. The second-order valence-electron chi connectivity index (χ2n) is 5.98. The number of carbonyl (C=O) groups excluding carboxylic acids is 1. The van der Waals surface area contributed by atoms with Gasteiger partial charge in [0.1, 0.15) is 5.69 Å². The van der Waals surface area contributed by atoms with Crippen LogP contribution in [0.2, 0.25) is 0 Å². The summed E-state index contributed by atoms with van der Waals surface area (Å²) in [6.07, 6.45) is 7.78. The Morgan fingerprint density at radius 1 is 1.33 bits per heavy atom. The van der Waals surface area contributed by atoms with Crippen molar-refractivity contribution in [2.75, 3.05) is 26.2 Å². The molecule has 2 aliphatic heterocycles. The molecule has 2 aliphatic rings. The minimum Gasteiger partial charge on any atom is -0.376 e. The number of piperidine rings is 1. The Morgan fingerprint density at radius 3 is 2.95 bits per heavy atom. The molecule has 1 aromatic rings. The number of carbonyl (C=O) groups is 1. The van der Waals surface area contributed by atoms with Crippen LogP contribution in [0.3, 0.4) is 0 Å². The van der Waals surface area contributed by atoms with E-state index in [0.717, 1.165) is 51.1 Å². The van der Waals surface area contributed by atoms with Crippen LogP contribution in [0.25, 0.3) is 0 Å². The van der Waals surface area contributed by atoms with Crippen LogP contribution < -0.4 is 10.6 Å². The van der Waals surface area contributed by atoms with Gasteiger partial charge in [-0.25, -0.2) is 0 Å². The molecule has 1 unspecified atom stereocenters. The standard InChI is InChI=1S/C16H25N3O2/c20-16(18-12-14-4-1-2-11-21-14)15-5-3-10-19(15)13-6-8-17-9-7-13/h3,5,10,13-14,17H,1-2,4,6-9,11-12H2,(H,18,20). The van der Waals surface area contributed by atoms with Crippen molar-refractivity contribution in [3.8, 4) is 0 Å². The maximum Gasteiger partial charge on any atom is 0.268 e. The summed E-state index contributed by atoms with van der Waals surface area (Å²) in [5.74, 6) is 0.0210. The smallest absolute Gasteiger partial charge is 0.268 e. The number of amides is 1. The van der Waals surface area contributed by atoms with Gasteiger partial charge in [-0.3, -0.25) is 4.79 Å². The molecule has 0 spiro atoms. The predicted octanol–water partition coefficient (Wildman–Crippen LogP) is 1.71. The highest BCUT2D eigenvalue weighted by molar-refractivity contribution is 5.92. The topological polar surface area (TPSA) is 55.3 Å². The monoisotopic (exact) mass is 291 g/mol. The lowest BCUT2D eigenvalue weighted by atomic mass is 10.1. The highest BCUT2D eigenvalue weighted by atomic mass is 16.5. The molecular weight excluding hydrogens is 266 g/mol. The zero-order valence-electron chi connectivity index (χ0n) is 12.5. The Labute approximate surface area is 126 Å². The van der Waals surface area contributed by atoms with Crippen molar-refractivity contribution in [3.63, 3.8) is 0 Å². The van der Waals surface area contributed by atoms with E-state index in [9.17, 15) is 4.79 Å². The van der Waals surface area contributed by atoms with Gasteiger partial charge >= 0.3 is 0 Å². The van der Waals surface area contributed by atoms with Gasteiger partial charge in [0.2, 0.25) is 0 Å². The lowest BCUT2D eigenvalue weighted by molar-refractivity contribution is 0.0168. The summed E-state index contributed by atoms with van der Waals surface area (Å²) in [6.45, 7) is 3.50. The molecule has 0 radical (unpaired) electrons. The largest absolute Gasteiger partial charge is 0.376 e. The van der Waals surface area contributed by atoms with Crippen LogP contribution in [0.4, 0.5) is 0 Å². The normalized spacial score (nSPS) is 23.9. The average molecular weight is 291 g/mol. The lowest BCUT2D eigenvalue weighted by Crippen LogP contribution is -2.37. The number of ether oxygens (including phenoxy) is 1. The van der Waals surface area contributed by atoms with Gasteiger partial charge in [-0.15, -0.1) is 0 Å². The summed E-state index contributed by atoms with van der Waals surface area (Å²) in [6, 6.07) is 4.32. The van der Waals surface area contributed by atoms with Crippen LogP contribution in [-0.2, 0) is 4.74 Å². The van der Waals surface area contributed by atoms with Crippen molar-refractivity contribution in [2.45, 2.75) is 44.2 Å². The van der Waals surface area contributed by atoms with Gasteiger partial charge in [0.25, 0.3) is 5.91 Å². The fourth-order valence-electron chi connectivity index (χ4n) is 3.25. The Balaban J connectivity index is 1.58. The summed E-state index contributed by atoms with van der Waals surface area (Å²) in [5.41, 5.74) is 0.776.